The van der Waals surface area contributed by atoms with Crippen molar-refractivity contribution in [2.24, 2.45) is 18.7 Å². The van der Waals surface area contributed by atoms with E-state index in [0.29, 0.717) is 13.0 Å². The zero-order valence-electron chi connectivity index (χ0n) is 24.4. The largest absolute Gasteiger partial charge is 0.476 e. The minimum Gasteiger partial charge on any atom is -0.476 e. The average molecular weight is 572 g/mol. The van der Waals surface area contributed by atoms with Crippen molar-refractivity contribution in [1.82, 2.24) is 14.5 Å². The van der Waals surface area contributed by atoms with Crippen LogP contribution in [-0.4, -0.2) is 50.1 Å². The number of urea groups is 1. The quantitative estimate of drug-likeness (QED) is 0.296. The number of imide groups is 1. The van der Waals surface area contributed by atoms with Gasteiger partial charge in [0, 0.05) is 42.8 Å². The first kappa shape index (κ1) is 29.1. The van der Waals surface area contributed by atoms with Gasteiger partial charge in [0.2, 0.25) is 11.8 Å². The van der Waals surface area contributed by atoms with E-state index in [2.05, 4.69) is 4.98 Å². The molecule has 3 amide bonds. The minimum absolute atomic E-state index is 0.0263. The van der Waals surface area contributed by atoms with Gasteiger partial charge in [0.25, 0.3) is 0 Å². The van der Waals surface area contributed by atoms with Crippen LogP contribution >= 0.6 is 0 Å². The lowest BCUT2D eigenvalue weighted by Crippen LogP contribution is -2.54. The van der Waals surface area contributed by atoms with E-state index in [0.717, 1.165) is 45.5 Å². The summed E-state index contributed by atoms with van der Waals surface area (Å²) >= 11 is 0. The van der Waals surface area contributed by atoms with Crippen LogP contribution in [0, 0.1) is 12.8 Å². The number of hydrogen-bond donors (Lipinski definition) is 2. The van der Waals surface area contributed by atoms with E-state index in [-0.39, 0.29) is 29.7 Å². The number of aryl methyl sites for hydroxylation is 3. The van der Waals surface area contributed by atoms with Crippen LogP contribution in [0.3, 0.4) is 0 Å². The van der Waals surface area contributed by atoms with Crippen LogP contribution in [0.25, 0.3) is 10.9 Å². The second kappa shape index (κ2) is 11.8. The molecule has 3 N–H and O–H groups in total. The van der Waals surface area contributed by atoms with Gasteiger partial charge in [0.05, 0.1) is 6.04 Å². The van der Waals surface area contributed by atoms with E-state index in [1.165, 1.54) is 6.92 Å². The van der Waals surface area contributed by atoms with Gasteiger partial charge in [-0.2, -0.15) is 0 Å². The van der Waals surface area contributed by atoms with Crippen LogP contribution < -0.4 is 10.6 Å². The molecule has 0 saturated carbocycles. The third-order valence-corrected chi connectivity index (χ3v) is 7.83. The first-order valence-electron chi connectivity index (χ1n) is 14.3. The van der Waals surface area contributed by atoms with Gasteiger partial charge >= 0.3 is 12.0 Å². The number of rotatable bonds is 8. The molecular weight excluding hydrogens is 534 g/mol. The lowest BCUT2D eigenvalue weighted by Gasteiger charge is -2.37. The van der Waals surface area contributed by atoms with Crippen molar-refractivity contribution in [3.63, 3.8) is 0 Å². The number of carboxylic acids is 1. The van der Waals surface area contributed by atoms with Gasteiger partial charge in [-0.3, -0.25) is 9.69 Å². The Labute approximate surface area is 244 Å². The van der Waals surface area contributed by atoms with Crippen molar-refractivity contribution in [3.8, 4) is 0 Å². The van der Waals surface area contributed by atoms with Gasteiger partial charge in [0.1, 0.15) is 11.8 Å². The van der Waals surface area contributed by atoms with Crippen molar-refractivity contribution in [3.05, 3.63) is 83.2 Å². The van der Waals surface area contributed by atoms with Crippen LogP contribution in [0.2, 0.25) is 0 Å². The Morgan fingerprint density at radius 1 is 1.12 bits per heavy atom. The van der Waals surface area contributed by atoms with Gasteiger partial charge in [-0.1, -0.05) is 50.2 Å². The maximum Gasteiger partial charge on any atom is 0.358 e. The predicted molar refractivity (Wildman–Crippen MR) is 159 cm³/mol. The summed E-state index contributed by atoms with van der Waals surface area (Å²) in [5.74, 6) is -1.64. The number of carboxylic acid groups (broad SMARTS) is 1. The molecule has 4 aromatic rings. The molecule has 1 aliphatic rings. The standard InChI is InChI=1S/C32H37N5O5/c1-19(2)16-24(33)30(38)37(32(41)36-15-9-11-21-10-5-7-13-25(21)36)27(29-34-28(31(39)40)20(3)42-29)17-22-18-35(4)26-14-8-6-12-23(22)26/h5-8,10,12-14,18-19,24,27H,9,11,15-17,33H2,1-4H3,(H,39,40)/t24?,27-/m1/s1. The van der Waals surface area contributed by atoms with E-state index < -0.39 is 30.0 Å². The third kappa shape index (κ3) is 5.54. The molecule has 42 heavy (non-hydrogen) atoms. The highest BCUT2D eigenvalue weighted by Gasteiger charge is 2.41. The summed E-state index contributed by atoms with van der Waals surface area (Å²) in [5.41, 5.74) is 9.78. The number of carbonyl (C=O) groups excluding carboxylic acids is 2. The monoisotopic (exact) mass is 571 g/mol. The number of para-hydroxylation sites is 2. The first-order chi connectivity index (χ1) is 20.1. The smallest absolute Gasteiger partial charge is 0.358 e. The summed E-state index contributed by atoms with van der Waals surface area (Å²) in [6, 6.07) is 12.9. The second-order valence-electron chi connectivity index (χ2n) is 11.4. The summed E-state index contributed by atoms with van der Waals surface area (Å²) in [5, 5.41) is 10.7. The van der Waals surface area contributed by atoms with Crippen LogP contribution in [0.15, 0.2) is 59.1 Å². The molecule has 2 aromatic heterocycles. The molecule has 2 aromatic carbocycles. The molecule has 0 spiro atoms. The molecule has 0 aliphatic carbocycles. The normalized spacial score (nSPS) is 14.6. The Balaban J connectivity index is 1.67. The highest BCUT2D eigenvalue weighted by atomic mass is 16.4. The van der Waals surface area contributed by atoms with E-state index in [1.54, 1.807) is 4.90 Å². The SMILES string of the molecule is Cc1oc([C@@H](Cc2cn(C)c3ccccc23)N(C(=O)C(N)CC(C)C)C(=O)N2CCCc3ccccc32)nc1C(=O)O. The molecule has 3 heterocycles. The van der Waals surface area contributed by atoms with Gasteiger partial charge in [-0.25, -0.2) is 19.5 Å². The summed E-state index contributed by atoms with van der Waals surface area (Å²) in [6.07, 6.45) is 4.02. The fourth-order valence-electron chi connectivity index (χ4n) is 5.87. The first-order valence-corrected chi connectivity index (χ1v) is 14.3. The lowest BCUT2D eigenvalue weighted by molar-refractivity contribution is -0.132. The highest BCUT2D eigenvalue weighted by molar-refractivity contribution is 6.05. The van der Waals surface area contributed by atoms with Crippen molar-refractivity contribution in [1.29, 1.82) is 0 Å². The summed E-state index contributed by atoms with van der Waals surface area (Å²) in [7, 11) is 1.93. The van der Waals surface area contributed by atoms with Gasteiger partial charge < -0.3 is 19.8 Å². The Hall–Kier alpha value is -4.44. The topological polar surface area (TPSA) is 135 Å². The zero-order valence-corrected chi connectivity index (χ0v) is 24.4. The van der Waals surface area contributed by atoms with E-state index >= 15 is 0 Å². The molecule has 0 radical (unpaired) electrons. The van der Waals surface area contributed by atoms with E-state index in [1.807, 2.05) is 80.2 Å². The van der Waals surface area contributed by atoms with Crippen molar-refractivity contribution in [2.75, 3.05) is 11.4 Å². The van der Waals surface area contributed by atoms with Gasteiger partial charge in [0.15, 0.2) is 5.69 Å². The fraction of sp³-hybridized carbons (Fsp3) is 0.375. The number of benzene rings is 2. The average Bonchev–Trinajstić information content (AvgIpc) is 3.51. The molecule has 1 aliphatic heterocycles. The van der Waals surface area contributed by atoms with Crippen LogP contribution in [0.4, 0.5) is 10.5 Å². The number of aromatic nitrogens is 2. The molecule has 0 fully saturated rings. The Morgan fingerprint density at radius 3 is 2.55 bits per heavy atom. The number of hydrogen-bond acceptors (Lipinski definition) is 6. The number of carbonyl (C=O) groups is 3. The molecule has 2 atom stereocenters. The Kier molecular flexibility index (Phi) is 8.17. The molecule has 220 valence electrons. The second-order valence-corrected chi connectivity index (χ2v) is 11.4. The zero-order chi connectivity index (χ0) is 30.1. The van der Waals surface area contributed by atoms with Gasteiger partial charge in [-0.15, -0.1) is 0 Å². The number of fused-ring (bicyclic) bond motifs is 2. The summed E-state index contributed by atoms with van der Waals surface area (Å²) in [4.78, 5) is 47.8. The minimum atomic E-state index is -1.25. The number of oxazole rings is 1. The Bertz CT molecular complexity index is 1640. The van der Waals surface area contributed by atoms with E-state index in [9.17, 15) is 19.5 Å². The molecule has 0 bridgehead atoms. The number of anilines is 1. The molecule has 1 unspecified atom stereocenters. The molecule has 0 saturated heterocycles. The molecule has 10 heteroatoms. The van der Waals surface area contributed by atoms with Crippen LogP contribution in [0.5, 0.6) is 0 Å². The number of amides is 3. The highest BCUT2D eigenvalue weighted by Crippen LogP contribution is 2.35. The van der Waals surface area contributed by atoms with E-state index in [4.69, 9.17) is 10.2 Å². The number of nitrogens with two attached hydrogens (primary N) is 1. The molecule has 10 nitrogen and oxygen atoms in total. The molecule has 5 rings (SSSR count). The lowest BCUT2D eigenvalue weighted by atomic mass is 9.99. The maximum absolute atomic E-state index is 14.6. The summed E-state index contributed by atoms with van der Waals surface area (Å²) < 4.78 is 7.90. The van der Waals surface area contributed by atoms with Crippen LogP contribution in [0.1, 0.15) is 66.0 Å². The van der Waals surface area contributed by atoms with Gasteiger partial charge in [-0.05, 0) is 55.4 Å². The summed E-state index contributed by atoms with van der Waals surface area (Å²) in [6.45, 7) is 5.86. The molecular formula is C32H37N5O5. The number of nitrogens with zero attached hydrogens (tertiary/aromatic N) is 4. The maximum atomic E-state index is 14.6. The van der Waals surface area contributed by atoms with Crippen molar-refractivity contribution in [2.45, 2.75) is 58.5 Å². The fourth-order valence-corrected chi connectivity index (χ4v) is 5.87. The third-order valence-electron chi connectivity index (χ3n) is 7.83. The van der Waals surface area contributed by atoms with Crippen LogP contribution in [-0.2, 0) is 24.7 Å². The van der Waals surface area contributed by atoms with Crippen molar-refractivity contribution < 1.29 is 23.9 Å². The predicted octanol–water partition coefficient (Wildman–Crippen LogP) is 5.23. The van der Waals surface area contributed by atoms with Crippen molar-refractivity contribution >= 4 is 34.5 Å². The number of aromatic carboxylic acids is 1. The Morgan fingerprint density at radius 2 is 1.83 bits per heavy atom.